The average molecular weight is 377 g/mol. The van der Waals surface area contributed by atoms with Crippen LogP contribution >= 0.6 is 0 Å². The van der Waals surface area contributed by atoms with E-state index in [2.05, 4.69) is 15.5 Å². The standard InChI is InChI=1S/C18H18F3N5O/c1-12-6-7-25(23-12)11-17(27)22-16-8-13(2)26(24-16)10-14-4-3-5-15(9-14)18(19,20)21/h3-9H,10-11H2,1-2H3,(H,22,24,27). The summed E-state index contributed by atoms with van der Waals surface area (Å²) in [5.74, 6) is 0.0511. The smallest absolute Gasteiger partial charge is 0.308 e. The molecule has 142 valence electrons. The van der Waals surface area contributed by atoms with E-state index in [0.717, 1.165) is 23.5 Å². The minimum absolute atomic E-state index is 0.0490. The Kier molecular flexibility index (Phi) is 5.02. The van der Waals surface area contributed by atoms with Crippen molar-refractivity contribution in [3.63, 3.8) is 0 Å². The number of carbonyl (C=O) groups excluding carboxylic acids is 1. The highest BCUT2D eigenvalue weighted by Gasteiger charge is 2.30. The van der Waals surface area contributed by atoms with Gasteiger partial charge in [0.05, 0.1) is 17.8 Å². The Hall–Kier alpha value is -3.10. The Morgan fingerprint density at radius 3 is 2.59 bits per heavy atom. The van der Waals surface area contributed by atoms with Crippen LogP contribution in [0.1, 0.15) is 22.5 Å². The molecule has 0 spiro atoms. The predicted molar refractivity (Wildman–Crippen MR) is 93.1 cm³/mol. The van der Waals surface area contributed by atoms with E-state index in [4.69, 9.17) is 0 Å². The van der Waals surface area contributed by atoms with Crippen molar-refractivity contribution >= 4 is 11.7 Å². The molecule has 27 heavy (non-hydrogen) atoms. The third-order valence-electron chi connectivity index (χ3n) is 3.91. The van der Waals surface area contributed by atoms with Crippen LogP contribution in [0.4, 0.5) is 19.0 Å². The molecule has 1 N–H and O–H groups in total. The minimum atomic E-state index is -4.39. The summed E-state index contributed by atoms with van der Waals surface area (Å²) in [4.78, 5) is 12.1. The normalized spacial score (nSPS) is 11.6. The molecule has 9 heteroatoms. The van der Waals surface area contributed by atoms with Gasteiger partial charge in [0.25, 0.3) is 0 Å². The summed E-state index contributed by atoms with van der Waals surface area (Å²) in [6.45, 7) is 3.82. The molecule has 0 atom stereocenters. The van der Waals surface area contributed by atoms with Crippen molar-refractivity contribution in [1.29, 1.82) is 0 Å². The summed E-state index contributed by atoms with van der Waals surface area (Å²) in [5.41, 5.74) is 1.30. The van der Waals surface area contributed by atoms with Crippen molar-refractivity contribution < 1.29 is 18.0 Å². The van der Waals surface area contributed by atoms with Gasteiger partial charge in [-0.05, 0) is 37.6 Å². The van der Waals surface area contributed by atoms with Gasteiger partial charge in [0.2, 0.25) is 5.91 Å². The van der Waals surface area contributed by atoms with E-state index in [0.29, 0.717) is 11.4 Å². The lowest BCUT2D eigenvalue weighted by atomic mass is 10.1. The first-order chi connectivity index (χ1) is 12.7. The highest BCUT2D eigenvalue weighted by Crippen LogP contribution is 2.29. The summed E-state index contributed by atoms with van der Waals surface area (Å²) in [6, 6.07) is 8.56. The fourth-order valence-corrected chi connectivity index (χ4v) is 2.63. The number of halogens is 3. The Morgan fingerprint density at radius 1 is 1.15 bits per heavy atom. The van der Waals surface area contributed by atoms with Gasteiger partial charge in [-0.15, -0.1) is 0 Å². The monoisotopic (exact) mass is 377 g/mol. The zero-order valence-electron chi connectivity index (χ0n) is 14.8. The van der Waals surface area contributed by atoms with Gasteiger partial charge in [-0.2, -0.15) is 23.4 Å². The van der Waals surface area contributed by atoms with E-state index in [-0.39, 0.29) is 19.0 Å². The first-order valence-corrected chi connectivity index (χ1v) is 8.21. The molecule has 0 aliphatic carbocycles. The predicted octanol–water partition coefficient (Wildman–Crippen LogP) is 3.40. The molecule has 2 heterocycles. The van der Waals surface area contributed by atoms with Crippen molar-refractivity contribution in [3.8, 4) is 0 Å². The molecule has 0 aliphatic rings. The second kappa shape index (κ2) is 7.26. The number of hydrogen-bond acceptors (Lipinski definition) is 3. The molecule has 3 rings (SSSR count). The number of benzene rings is 1. The van der Waals surface area contributed by atoms with Crippen LogP contribution in [-0.2, 0) is 24.1 Å². The molecule has 0 bridgehead atoms. The van der Waals surface area contributed by atoms with Crippen LogP contribution in [0, 0.1) is 13.8 Å². The molecular weight excluding hydrogens is 359 g/mol. The van der Waals surface area contributed by atoms with E-state index in [1.54, 1.807) is 36.0 Å². The molecule has 1 amide bonds. The third-order valence-corrected chi connectivity index (χ3v) is 3.91. The minimum Gasteiger partial charge on any atom is -0.308 e. The molecular formula is C18H18F3N5O. The van der Waals surface area contributed by atoms with Gasteiger partial charge in [0, 0.05) is 18.0 Å². The third kappa shape index (κ3) is 4.75. The molecule has 6 nitrogen and oxygen atoms in total. The molecule has 0 radical (unpaired) electrons. The maximum Gasteiger partial charge on any atom is 0.416 e. The van der Waals surface area contributed by atoms with Crippen LogP contribution < -0.4 is 5.32 Å². The Bertz CT molecular complexity index is 958. The summed E-state index contributed by atoms with van der Waals surface area (Å²) < 4.78 is 41.6. The largest absolute Gasteiger partial charge is 0.416 e. The maximum absolute atomic E-state index is 12.8. The second-order valence-corrected chi connectivity index (χ2v) is 6.23. The number of rotatable bonds is 5. The molecule has 1 aromatic carbocycles. The van der Waals surface area contributed by atoms with Gasteiger partial charge < -0.3 is 5.32 Å². The van der Waals surface area contributed by atoms with E-state index in [1.807, 2.05) is 6.92 Å². The van der Waals surface area contributed by atoms with E-state index < -0.39 is 11.7 Å². The van der Waals surface area contributed by atoms with Gasteiger partial charge in [-0.1, -0.05) is 12.1 Å². The quantitative estimate of drug-likeness (QED) is 0.741. The molecule has 0 saturated heterocycles. The Labute approximate surface area is 153 Å². The van der Waals surface area contributed by atoms with Crippen LogP contribution in [-0.4, -0.2) is 25.5 Å². The number of aryl methyl sites for hydroxylation is 2. The molecule has 3 aromatic rings. The molecule has 0 unspecified atom stereocenters. The van der Waals surface area contributed by atoms with E-state index in [1.165, 1.54) is 10.7 Å². The number of hydrogen-bond donors (Lipinski definition) is 1. The van der Waals surface area contributed by atoms with Crippen LogP contribution in [0.2, 0.25) is 0 Å². The van der Waals surface area contributed by atoms with E-state index in [9.17, 15) is 18.0 Å². The molecule has 2 aromatic heterocycles. The average Bonchev–Trinajstić information content (AvgIpc) is 3.12. The number of nitrogens with one attached hydrogen (secondary N) is 1. The lowest BCUT2D eigenvalue weighted by molar-refractivity contribution is -0.137. The molecule has 0 saturated carbocycles. The summed E-state index contributed by atoms with van der Waals surface area (Å²) in [6.07, 6.45) is -2.69. The zero-order valence-corrected chi connectivity index (χ0v) is 14.8. The van der Waals surface area contributed by atoms with Crippen molar-refractivity contribution in [2.75, 3.05) is 5.32 Å². The number of alkyl halides is 3. The fraction of sp³-hybridized carbons (Fsp3) is 0.278. The van der Waals surface area contributed by atoms with Gasteiger partial charge in [0.1, 0.15) is 6.54 Å². The zero-order chi connectivity index (χ0) is 19.6. The Morgan fingerprint density at radius 2 is 1.93 bits per heavy atom. The summed E-state index contributed by atoms with van der Waals surface area (Å²) >= 11 is 0. The van der Waals surface area contributed by atoms with Crippen LogP contribution in [0.3, 0.4) is 0 Å². The highest BCUT2D eigenvalue weighted by atomic mass is 19.4. The molecule has 0 aliphatic heterocycles. The van der Waals surface area contributed by atoms with Gasteiger partial charge in [0.15, 0.2) is 5.82 Å². The van der Waals surface area contributed by atoms with Crippen molar-refractivity contribution in [1.82, 2.24) is 19.6 Å². The second-order valence-electron chi connectivity index (χ2n) is 6.23. The van der Waals surface area contributed by atoms with Gasteiger partial charge >= 0.3 is 6.18 Å². The van der Waals surface area contributed by atoms with Crippen LogP contribution in [0.5, 0.6) is 0 Å². The fourth-order valence-electron chi connectivity index (χ4n) is 2.63. The first kappa shape index (κ1) is 18.7. The lowest BCUT2D eigenvalue weighted by Gasteiger charge is -2.09. The summed E-state index contributed by atoms with van der Waals surface area (Å²) in [5, 5.41) is 11.1. The molecule has 0 fully saturated rings. The number of amides is 1. The van der Waals surface area contributed by atoms with Crippen LogP contribution in [0.15, 0.2) is 42.6 Å². The maximum atomic E-state index is 12.8. The topological polar surface area (TPSA) is 64.7 Å². The number of aromatic nitrogens is 4. The lowest BCUT2D eigenvalue weighted by Crippen LogP contribution is -2.19. The number of nitrogens with zero attached hydrogens (tertiary/aromatic N) is 4. The number of carbonyl (C=O) groups is 1. The van der Waals surface area contributed by atoms with E-state index >= 15 is 0 Å². The SMILES string of the molecule is Cc1ccn(CC(=O)Nc2cc(C)n(Cc3cccc(C(F)(F)F)c3)n2)n1. The van der Waals surface area contributed by atoms with Crippen LogP contribution in [0.25, 0.3) is 0 Å². The van der Waals surface area contributed by atoms with Gasteiger partial charge in [-0.3, -0.25) is 14.2 Å². The number of anilines is 1. The van der Waals surface area contributed by atoms with Gasteiger partial charge in [-0.25, -0.2) is 0 Å². The van der Waals surface area contributed by atoms with Crippen molar-refractivity contribution in [2.24, 2.45) is 0 Å². The Balaban J connectivity index is 1.68. The summed E-state index contributed by atoms with van der Waals surface area (Å²) in [7, 11) is 0. The van der Waals surface area contributed by atoms with Crippen molar-refractivity contribution in [3.05, 3.63) is 65.1 Å². The highest BCUT2D eigenvalue weighted by molar-refractivity contribution is 5.89. The van der Waals surface area contributed by atoms with Crippen molar-refractivity contribution in [2.45, 2.75) is 33.1 Å². The first-order valence-electron chi connectivity index (χ1n) is 8.21.